The van der Waals surface area contributed by atoms with E-state index >= 15 is 0 Å². The highest BCUT2D eigenvalue weighted by molar-refractivity contribution is 6.08. The molecule has 1 heterocycles. The van der Waals surface area contributed by atoms with E-state index < -0.39 is 17.0 Å². The van der Waals surface area contributed by atoms with Gasteiger partial charge in [0, 0.05) is 33.8 Å². The first-order valence-electron chi connectivity index (χ1n) is 9.67. The number of nitrogens with one attached hydrogen (secondary N) is 1. The Bertz CT molecular complexity index is 1300. The third kappa shape index (κ3) is 3.75. The Morgan fingerprint density at radius 2 is 1.34 bits per heavy atom. The molecular weight excluding hydrogens is 416 g/mol. The summed E-state index contributed by atoms with van der Waals surface area (Å²) in [5.41, 5.74) is 1.20. The van der Waals surface area contributed by atoms with Gasteiger partial charge in [-0.15, -0.1) is 0 Å². The molecular formula is C22H26N4O6. The summed E-state index contributed by atoms with van der Waals surface area (Å²) in [5, 5.41) is 2.89. The van der Waals surface area contributed by atoms with E-state index in [1.165, 1.54) is 37.5 Å². The zero-order chi connectivity index (χ0) is 23.7. The van der Waals surface area contributed by atoms with Crippen LogP contribution in [0, 0.1) is 0 Å². The lowest BCUT2D eigenvalue weighted by atomic mass is 10.1. The summed E-state index contributed by atoms with van der Waals surface area (Å²) in [7, 11) is 11.1. The Labute approximate surface area is 184 Å². The molecule has 0 saturated heterocycles. The summed E-state index contributed by atoms with van der Waals surface area (Å²) in [6.45, 7) is 0. The molecule has 1 aromatic heterocycles. The van der Waals surface area contributed by atoms with E-state index in [9.17, 15) is 14.4 Å². The van der Waals surface area contributed by atoms with Crippen LogP contribution in [0.5, 0.6) is 17.2 Å². The standard InChI is InChI=1S/C22H26N4O6/c1-24(2)14-11-16-15(25(3)21(28)22(29)26(16)4)10-13(14)23-20(27)12-8-17(30-5)19(32-7)18(9-12)31-6/h8-11H,1-7H3,(H,23,27). The van der Waals surface area contributed by atoms with Gasteiger partial charge in [0.1, 0.15) is 0 Å². The molecule has 170 valence electrons. The average Bonchev–Trinajstić information content (AvgIpc) is 2.79. The summed E-state index contributed by atoms with van der Waals surface area (Å²) in [6, 6.07) is 6.52. The number of amides is 1. The van der Waals surface area contributed by atoms with Crippen LogP contribution < -0.4 is 35.5 Å². The minimum absolute atomic E-state index is 0.290. The van der Waals surface area contributed by atoms with Gasteiger partial charge in [-0.25, -0.2) is 0 Å². The Morgan fingerprint density at radius 1 is 0.844 bits per heavy atom. The average molecular weight is 442 g/mol. The molecule has 32 heavy (non-hydrogen) atoms. The van der Waals surface area contributed by atoms with Crippen LogP contribution >= 0.6 is 0 Å². The fourth-order valence-corrected chi connectivity index (χ4v) is 3.49. The fraction of sp³-hybridized carbons (Fsp3) is 0.318. The minimum Gasteiger partial charge on any atom is -0.493 e. The summed E-state index contributed by atoms with van der Waals surface area (Å²) in [4.78, 5) is 39.4. The number of carbonyl (C=O) groups is 1. The van der Waals surface area contributed by atoms with Gasteiger partial charge in [0.2, 0.25) is 5.75 Å². The van der Waals surface area contributed by atoms with Crippen LogP contribution in [-0.4, -0.2) is 50.5 Å². The molecule has 0 saturated carbocycles. The number of rotatable bonds is 6. The summed E-state index contributed by atoms with van der Waals surface area (Å²) in [5.74, 6) is 0.658. The van der Waals surface area contributed by atoms with Gasteiger partial charge in [-0.3, -0.25) is 14.4 Å². The lowest BCUT2D eigenvalue weighted by Gasteiger charge is -2.21. The van der Waals surface area contributed by atoms with E-state index in [1.807, 2.05) is 14.1 Å². The molecule has 10 nitrogen and oxygen atoms in total. The number of nitrogens with zero attached hydrogens (tertiary/aromatic N) is 3. The summed E-state index contributed by atoms with van der Waals surface area (Å²) >= 11 is 0. The zero-order valence-corrected chi connectivity index (χ0v) is 19.1. The van der Waals surface area contributed by atoms with E-state index in [-0.39, 0.29) is 0 Å². The molecule has 0 aliphatic carbocycles. The zero-order valence-electron chi connectivity index (χ0n) is 19.1. The molecule has 0 unspecified atom stereocenters. The van der Waals surface area contributed by atoms with E-state index in [4.69, 9.17) is 14.2 Å². The lowest BCUT2D eigenvalue weighted by molar-refractivity contribution is 0.102. The smallest absolute Gasteiger partial charge is 0.316 e. The number of aromatic nitrogens is 2. The number of aryl methyl sites for hydroxylation is 2. The molecule has 0 aliphatic heterocycles. The first kappa shape index (κ1) is 22.7. The van der Waals surface area contributed by atoms with Crippen LogP contribution in [0.4, 0.5) is 11.4 Å². The van der Waals surface area contributed by atoms with Crippen molar-refractivity contribution >= 4 is 28.3 Å². The number of benzene rings is 2. The highest BCUT2D eigenvalue weighted by atomic mass is 16.5. The van der Waals surface area contributed by atoms with Crippen LogP contribution in [0.1, 0.15) is 10.4 Å². The van der Waals surface area contributed by atoms with Crippen molar-refractivity contribution in [1.29, 1.82) is 0 Å². The van der Waals surface area contributed by atoms with Crippen LogP contribution in [0.15, 0.2) is 33.9 Å². The molecule has 2 aromatic carbocycles. The van der Waals surface area contributed by atoms with Gasteiger partial charge in [-0.05, 0) is 24.3 Å². The topological polar surface area (TPSA) is 104 Å². The van der Waals surface area contributed by atoms with Gasteiger partial charge in [-0.2, -0.15) is 0 Å². The van der Waals surface area contributed by atoms with Crippen molar-refractivity contribution in [3.05, 3.63) is 50.5 Å². The Kier molecular flexibility index (Phi) is 6.15. The van der Waals surface area contributed by atoms with Crippen molar-refractivity contribution < 1.29 is 19.0 Å². The molecule has 3 rings (SSSR count). The Hall–Kier alpha value is -3.95. The Balaban J connectivity index is 2.16. The number of carbonyl (C=O) groups excluding carboxylic acids is 1. The molecule has 3 aromatic rings. The molecule has 0 radical (unpaired) electrons. The number of hydrogen-bond donors (Lipinski definition) is 1. The molecule has 0 atom stereocenters. The van der Waals surface area contributed by atoms with E-state index in [0.29, 0.717) is 45.2 Å². The predicted octanol–water partition coefficient (Wildman–Crippen LogP) is 1.58. The van der Waals surface area contributed by atoms with Crippen LogP contribution in [-0.2, 0) is 14.1 Å². The van der Waals surface area contributed by atoms with E-state index in [2.05, 4.69) is 5.32 Å². The maximum Gasteiger partial charge on any atom is 0.316 e. The van der Waals surface area contributed by atoms with Crippen LogP contribution in [0.25, 0.3) is 11.0 Å². The maximum atomic E-state index is 13.1. The normalized spacial score (nSPS) is 10.7. The van der Waals surface area contributed by atoms with Crippen molar-refractivity contribution in [2.75, 3.05) is 45.6 Å². The third-order valence-corrected chi connectivity index (χ3v) is 5.26. The van der Waals surface area contributed by atoms with Gasteiger partial charge in [0.05, 0.1) is 43.7 Å². The summed E-state index contributed by atoms with van der Waals surface area (Å²) in [6.07, 6.45) is 0. The van der Waals surface area contributed by atoms with Crippen LogP contribution in [0.2, 0.25) is 0 Å². The highest BCUT2D eigenvalue weighted by Gasteiger charge is 2.20. The van der Waals surface area contributed by atoms with Crippen molar-refractivity contribution in [3.8, 4) is 17.2 Å². The molecule has 0 spiro atoms. The SMILES string of the molecule is COc1cc(C(=O)Nc2cc3c(cc2N(C)C)n(C)c(=O)c(=O)n3C)cc(OC)c1OC. The van der Waals surface area contributed by atoms with Crippen LogP contribution in [0.3, 0.4) is 0 Å². The van der Waals surface area contributed by atoms with Crippen molar-refractivity contribution in [2.45, 2.75) is 0 Å². The highest BCUT2D eigenvalue weighted by Crippen LogP contribution is 2.38. The maximum absolute atomic E-state index is 13.1. The van der Waals surface area contributed by atoms with Gasteiger partial charge in [0.15, 0.2) is 11.5 Å². The molecule has 1 amide bonds. The molecule has 1 N–H and O–H groups in total. The lowest BCUT2D eigenvalue weighted by Crippen LogP contribution is -2.39. The second kappa shape index (κ2) is 8.66. The molecule has 0 bridgehead atoms. The number of methoxy groups -OCH3 is 3. The van der Waals surface area contributed by atoms with Gasteiger partial charge in [-0.1, -0.05) is 0 Å². The van der Waals surface area contributed by atoms with E-state index in [1.54, 1.807) is 36.2 Å². The number of hydrogen-bond acceptors (Lipinski definition) is 7. The first-order valence-corrected chi connectivity index (χ1v) is 9.67. The molecule has 10 heteroatoms. The van der Waals surface area contributed by atoms with Crippen molar-refractivity contribution in [1.82, 2.24) is 9.13 Å². The predicted molar refractivity (Wildman–Crippen MR) is 123 cm³/mol. The van der Waals surface area contributed by atoms with Gasteiger partial charge < -0.3 is 33.6 Å². The second-order valence-corrected chi connectivity index (χ2v) is 7.35. The largest absolute Gasteiger partial charge is 0.493 e. The quantitative estimate of drug-likeness (QED) is 0.578. The van der Waals surface area contributed by atoms with E-state index in [0.717, 1.165) is 0 Å². The number of fused-ring (bicyclic) bond motifs is 1. The number of ether oxygens (including phenoxy) is 3. The summed E-state index contributed by atoms with van der Waals surface area (Å²) < 4.78 is 18.5. The second-order valence-electron chi connectivity index (χ2n) is 7.35. The molecule has 0 fully saturated rings. The first-order chi connectivity index (χ1) is 15.1. The van der Waals surface area contributed by atoms with Gasteiger partial charge in [0.25, 0.3) is 5.91 Å². The minimum atomic E-state index is -0.653. The van der Waals surface area contributed by atoms with Crippen molar-refractivity contribution in [3.63, 3.8) is 0 Å². The number of anilines is 2. The van der Waals surface area contributed by atoms with Gasteiger partial charge >= 0.3 is 11.1 Å². The third-order valence-electron chi connectivity index (χ3n) is 5.26. The fourth-order valence-electron chi connectivity index (χ4n) is 3.49. The Morgan fingerprint density at radius 3 is 1.78 bits per heavy atom. The van der Waals surface area contributed by atoms with Crippen molar-refractivity contribution in [2.24, 2.45) is 14.1 Å². The monoisotopic (exact) mass is 442 g/mol. The molecule has 0 aliphatic rings.